The van der Waals surface area contributed by atoms with Crippen LogP contribution in [-0.4, -0.2) is 9.97 Å². The van der Waals surface area contributed by atoms with Gasteiger partial charge in [0.15, 0.2) is 0 Å². The van der Waals surface area contributed by atoms with E-state index in [4.69, 9.17) is 4.98 Å². The van der Waals surface area contributed by atoms with Crippen LogP contribution in [0.25, 0.3) is 32.0 Å². The second kappa shape index (κ2) is 6.85. The molecular formula is C24H21N3S. The van der Waals surface area contributed by atoms with E-state index in [2.05, 4.69) is 76.0 Å². The number of benzene rings is 2. The number of hydrogen-bond acceptors (Lipinski definition) is 4. The zero-order valence-corrected chi connectivity index (χ0v) is 17.5. The first-order valence-corrected chi connectivity index (χ1v) is 10.1. The molecule has 2 aromatic carbocycles. The van der Waals surface area contributed by atoms with Crippen molar-refractivity contribution in [2.24, 2.45) is 0 Å². The molecule has 0 aliphatic heterocycles. The predicted molar refractivity (Wildman–Crippen MR) is 117 cm³/mol. The minimum atomic E-state index is 0.521. The van der Waals surface area contributed by atoms with Crippen molar-refractivity contribution in [1.29, 1.82) is 5.26 Å². The molecule has 3 nitrogen and oxygen atoms in total. The van der Waals surface area contributed by atoms with Gasteiger partial charge in [0.05, 0.1) is 16.0 Å². The fourth-order valence-corrected chi connectivity index (χ4v) is 5.21. The molecule has 4 heteroatoms. The van der Waals surface area contributed by atoms with Gasteiger partial charge in [-0.25, -0.2) is 4.98 Å². The maximum absolute atomic E-state index is 9.59. The van der Waals surface area contributed by atoms with Crippen molar-refractivity contribution in [3.8, 4) is 27.9 Å². The molecule has 0 amide bonds. The minimum absolute atomic E-state index is 0.521. The van der Waals surface area contributed by atoms with Crippen molar-refractivity contribution in [3.05, 3.63) is 69.9 Å². The highest BCUT2D eigenvalue weighted by molar-refractivity contribution is 7.22. The number of nitrogens with zero attached hydrogens (tertiary/aromatic N) is 3. The Labute approximate surface area is 169 Å². The van der Waals surface area contributed by atoms with Gasteiger partial charge in [0.2, 0.25) is 0 Å². The molecule has 138 valence electrons. The van der Waals surface area contributed by atoms with Crippen molar-refractivity contribution in [2.75, 3.05) is 0 Å². The average Bonchev–Trinajstić information content (AvgIpc) is 3.03. The minimum Gasteiger partial charge on any atom is -0.253 e. The summed E-state index contributed by atoms with van der Waals surface area (Å²) >= 11 is 1.62. The third-order valence-electron chi connectivity index (χ3n) is 4.93. The van der Waals surface area contributed by atoms with Crippen LogP contribution in [0.1, 0.15) is 33.4 Å². The summed E-state index contributed by atoms with van der Waals surface area (Å²) in [7, 11) is 0. The lowest BCUT2D eigenvalue weighted by molar-refractivity contribution is 1.29. The number of rotatable bonds is 2. The molecule has 4 aromatic rings. The Morgan fingerprint density at radius 2 is 1.46 bits per heavy atom. The Hall–Kier alpha value is -3.03. The van der Waals surface area contributed by atoms with Crippen LogP contribution >= 0.6 is 11.3 Å². The van der Waals surface area contributed by atoms with Crippen molar-refractivity contribution in [1.82, 2.24) is 9.97 Å². The van der Waals surface area contributed by atoms with Gasteiger partial charge in [-0.15, -0.1) is 11.3 Å². The molecule has 0 aliphatic carbocycles. The van der Waals surface area contributed by atoms with Gasteiger partial charge in [0, 0.05) is 17.3 Å². The van der Waals surface area contributed by atoms with Crippen LogP contribution in [0, 0.1) is 45.9 Å². The molecular weight excluding hydrogens is 362 g/mol. The fourth-order valence-electron chi connectivity index (χ4n) is 3.94. The van der Waals surface area contributed by atoms with Crippen molar-refractivity contribution in [2.45, 2.75) is 34.6 Å². The van der Waals surface area contributed by atoms with Gasteiger partial charge < -0.3 is 0 Å². The van der Waals surface area contributed by atoms with Crippen LogP contribution in [0.4, 0.5) is 0 Å². The summed E-state index contributed by atoms with van der Waals surface area (Å²) in [5.74, 6) is 0. The predicted octanol–water partition coefficient (Wildman–Crippen LogP) is 6.44. The van der Waals surface area contributed by atoms with E-state index in [0.29, 0.717) is 5.56 Å². The standard InChI is InChI=1S/C24H21N3S/c1-13-6-14(2)10-18(9-13)21-23-22(19(11-25)12-26-21)27-24(28-23)20-16(4)7-15(3)8-17(20)5/h6-10,12H,1-5H3. The van der Waals surface area contributed by atoms with Crippen LogP contribution in [0.5, 0.6) is 0 Å². The highest BCUT2D eigenvalue weighted by Gasteiger charge is 2.18. The Kier molecular flexibility index (Phi) is 4.49. The largest absolute Gasteiger partial charge is 0.253 e. The number of thiazole rings is 1. The molecule has 0 saturated heterocycles. The summed E-state index contributed by atoms with van der Waals surface area (Å²) < 4.78 is 0.971. The SMILES string of the molecule is Cc1cc(C)cc(-c2ncc(C#N)c3nc(-c4c(C)cc(C)cc4C)sc23)c1. The fraction of sp³-hybridized carbons (Fsp3) is 0.208. The molecule has 0 fully saturated rings. The second-order valence-corrected chi connectivity index (χ2v) is 8.48. The monoisotopic (exact) mass is 383 g/mol. The molecule has 0 N–H and O–H groups in total. The van der Waals surface area contributed by atoms with Gasteiger partial charge in [0.25, 0.3) is 0 Å². The van der Waals surface area contributed by atoms with Crippen LogP contribution in [-0.2, 0) is 0 Å². The maximum Gasteiger partial charge on any atom is 0.125 e. The van der Waals surface area contributed by atoms with Crippen molar-refractivity contribution in [3.63, 3.8) is 0 Å². The molecule has 0 bridgehead atoms. The molecule has 2 aromatic heterocycles. The smallest absolute Gasteiger partial charge is 0.125 e. The molecule has 0 atom stereocenters. The van der Waals surface area contributed by atoms with E-state index < -0.39 is 0 Å². The normalized spacial score (nSPS) is 11.0. The van der Waals surface area contributed by atoms with Crippen molar-refractivity contribution < 1.29 is 0 Å². The molecule has 0 aliphatic rings. The summed E-state index contributed by atoms with van der Waals surface area (Å²) in [6.07, 6.45) is 1.65. The molecule has 0 spiro atoms. The number of fused-ring (bicyclic) bond motifs is 1. The lowest BCUT2D eigenvalue weighted by Gasteiger charge is -2.08. The van der Waals surface area contributed by atoms with E-state index in [1.807, 2.05) is 0 Å². The highest BCUT2D eigenvalue weighted by Crippen LogP contribution is 2.39. The highest BCUT2D eigenvalue weighted by atomic mass is 32.1. The van der Waals surface area contributed by atoms with Gasteiger partial charge in [-0.2, -0.15) is 5.26 Å². The number of pyridine rings is 1. The van der Waals surface area contributed by atoms with E-state index in [9.17, 15) is 5.26 Å². The van der Waals surface area contributed by atoms with Gasteiger partial charge >= 0.3 is 0 Å². The van der Waals surface area contributed by atoms with E-state index >= 15 is 0 Å². The van der Waals surface area contributed by atoms with Crippen molar-refractivity contribution >= 4 is 21.6 Å². The van der Waals surface area contributed by atoms with Gasteiger partial charge in [-0.3, -0.25) is 4.98 Å². The summed E-state index contributed by atoms with van der Waals surface area (Å²) in [6.45, 7) is 10.5. The molecule has 0 saturated carbocycles. The zero-order chi connectivity index (χ0) is 20.0. The lowest BCUT2D eigenvalue weighted by Crippen LogP contribution is -1.90. The summed E-state index contributed by atoms with van der Waals surface area (Å²) in [4.78, 5) is 9.54. The first kappa shape index (κ1) is 18.3. The molecule has 2 heterocycles. The van der Waals surface area contributed by atoms with E-state index in [1.165, 1.54) is 27.8 Å². The Morgan fingerprint density at radius 3 is 2.07 bits per heavy atom. The van der Waals surface area contributed by atoms with E-state index in [0.717, 1.165) is 32.0 Å². The Morgan fingerprint density at radius 1 is 0.857 bits per heavy atom. The third kappa shape index (κ3) is 3.08. The number of aryl methyl sites for hydroxylation is 5. The Balaban J connectivity index is 2.03. The quantitative estimate of drug-likeness (QED) is 0.400. The molecule has 28 heavy (non-hydrogen) atoms. The molecule has 4 rings (SSSR count). The summed E-state index contributed by atoms with van der Waals surface area (Å²) in [5, 5.41) is 10.5. The third-order valence-corrected chi connectivity index (χ3v) is 6.01. The summed E-state index contributed by atoms with van der Waals surface area (Å²) in [6, 6.07) is 13.1. The lowest BCUT2D eigenvalue weighted by atomic mass is 10.0. The van der Waals surface area contributed by atoms with Crippen LogP contribution < -0.4 is 0 Å². The number of aromatic nitrogens is 2. The van der Waals surface area contributed by atoms with Crippen LogP contribution in [0.2, 0.25) is 0 Å². The first-order chi connectivity index (χ1) is 13.4. The van der Waals surface area contributed by atoms with E-state index in [1.54, 1.807) is 17.5 Å². The van der Waals surface area contributed by atoms with Gasteiger partial charge in [-0.05, 0) is 57.9 Å². The number of nitriles is 1. The van der Waals surface area contributed by atoms with Crippen LogP contribution in [0.3, 0.4) is 0 Å². The summed E-state index contributed by atoms with van der Waals surface area (Å²) in [5.41, 5.74) is 10.4. The maximum atomic E-state index is 9.59. The molecule has 0 unspecified atom stereocenters. The van der Waals surface area contributed by atoms with Crippen LogP contribution in [0.15, 0.2) is 36.5 Å². The van der Waals surface area contributed by atoms with Gasteiger partial charge in [-0.1, -0.05) is 34.9 Å². The zero-order valence-electron chi connectivity index (χ0n) is 16.7. The topological polar surface area (TPSA) is 49.6 Å². The number of hydrogen-bond donors (Lipinski definition) is 0. The Bertz CT molecular complexity index is 1230. The van der Waals surface area contributed by atoms with Gasteiger partial charge in [0.1, 0.15) is 16.6 Å². The first-order valence-electron chi connectivity index (χ1n) is 9.24. The molecule has 0 radical (unpaired) electrons. The van der Waals surface area contributed by atoms with E-state index in [-0.39, 0.29) is 0 Å². The average molecular weight is 384 g/mol. The second-order valence-electron chi connectivity index (χ2n) is 7.48.